The third kappa shape index (κ3) is 1.71. The summed E-state index contributed by atoms with van der Waals surface area (Å²) in [6.07, 6.45) is 0.920. The van der Waals surface area contributed by atoms with Crippen LogP contribution in [-0.2, 0) is 6.42 Å². The van der Waals surface area contributed by atoms with E-state index < -0.39 is 0 Å². The van der Waals surface area contributed by atoms with Crippen molar-refractivity contribution in [2.75, 3.05) is 0 Å². The smallest absolute Gasteiger partial charge is 0.125 e. The van der Waals surface area contributed by atoms with Crippen LogP contribution in [0.15, 0.2) is 4.90 Å². The second kappa shape index (κ2) is 3.22. The van der Waals surface area contributed by atoms with Crippen LogP contribution in [-0.4, -0.2) is 9.97 Å². The Hall–Kier alpha value is -0.570. The number of hydrogen-bond acceptors (Lipinski definition) is 3. The average Bonchev–Trinajstić information content (AvgIpc) is 1.96. The Morgan fingerprint density at radius 2 is 1.91 bits per heavy atom. The number of thiol groups is 1. The van der Waals surface area contributed by atoms with Gasteiger partial charge in [-0.3, -0.25) is 0 Å². The highest BCUT2D eigenvalue weighted by molar-refractivity contribution is 7.80. The summed E-state index contributed by atoms with van der Waals surface area (Å²) in [7, 11) is 0. The fourth-order valence-electron chi connectivity index (χ4n) is 1.02. The van der Waals surface area contributed by atoms with Crippen molar-refractivity contribution in [1.82, 2.24) is 9.97 Å². The Morgan fingerprint density at radius 1 is 1.27 bits per heavy atom. The van der Waals surface area contributed by atoms with Gasteiger partial charge < -0.3 is 0 Å². The minimum atomic E-state index is 0.831. The van der Waals surface area contributed by atoms with Crippen molar-refractivity contribution in [3.8, 4) is 0 Å². The van der Waals surface area contributed by atoms with E-state index in [0.29, 0.717) is 0 Å². The first-order valence-corrected chi connectivity index (χ1v) is 4.13. The molecule has 0 bridgehead atoms. The molecule has 1 heterocycles. The van der Waals surface area contributed by atoms with E-state index in [4.69, 9.17) is 0 Å². The van der Waals surface area contributed by atoms with Gasteiger partial charge in [0.1, 0.15) is 5.82 Å². The molecule has 0 atom stereocenters. The minimum absolute atomic E-state index is 0.831. The Bertz CT molecular complexity index is 271. The lowest BCUT2D eigenvalue weighted by Crippen LogP contribution is -1.98. The summed E-state index contributed by atoms with van der Waals surface area (Å²) in [5.74, 6) is 0.831. The van der Waals surface area contributed by atoms with Crippen LogP contribution < -0.4 is 0 Å². The summed E-state index contributed by atoms with van der Waals surface area (Å²) in [6, 6.07) is 0. The van der Waals surface area contributed by atoms with Crippen LogP contribution >= 0.6 is 12.6 Å². The van der Waals surface area contributed by atoms with Crippen LogP contribution in [0.3, 0.4) is 0 Å². The molecule has 0 aliphatic rings. The highest BCUT2D eigenvalue weighted by atomic mass is 32.1. The first-order chi connectivity index (χ1) is 5.15. The molecule has 11 heavy (non-hydrogen) atoms. The molecule has 0 saturated carbocycles. The molecule has 0 aliphatic heterocycles. The average molecular weight is 168 g/mol. The quantitative estimate of drug-likeness (QED) is 0.648. The number of hydrogen-bond donors (Lipinski definition) is 1. The van der Waals surface area contributed by atoms with Gasteiger partial charge in [0, 0.05) is 4.90 Å². The van der Waals surface area contributed by atoms with E-state index in [1.807, 2.05) is 13.8 Å². The van der Waals surface area contributed by atoms with Crippen molar-refractivity contribution >= 4 is 12.6 Å². The van der Waals surface area contributed by atoms with E-state index in [2.05, 4.69) is 29.5 Å². The number of rotatable bonds is 1. The Kier molecular flexibility index (Phi) is 2.49. The lowest BCUT2D eigenvalue weighted by atomic mass is 10.3. The maximum absolute atomic E-state index is 4.31. The van der Waals surface area contributed by atoms with Gasteiger partial charge in [0.2, 0.25) is 0 Å². The van der Waals surface area contributed by atoms with E-state index >= 15 is 0 Å². The number of nitrogens with zero attached hydrogens (tertiary/aromatic N) is 2. The Balaban J connectivity index is 3.24. The molecule has 3 heteroatoms. The molecule has 2 nitrogen and oxygen atoms in total. The highest BCUT2D eigenvalue weighted by Gasteiger charge is 2.03. The molecular weight excluding hydrogens is 156 g/mol. The molecule has 0 N–H and O–H groups in total. The Labute approximate surface area is 72.5 Å². The summed E-state index contributed by atoms with van der Waals surface area (Å²) in [5, 5.41) is 0. The standard InChI is InChI=1S/C8H12N2S/c1-4-7-8(11)5(2)9-6(3)10-7/h11H,4H2,1-3H3. The van der Waals surface area contributed by atoms with Gasteiger partial charge in [0.25, 0.3) is 0 Å². The van der Waals surface area contributed by atoms with Crippen molar-refractivity contribution in [3.05, 3.63) is 17.2 Å². The van der Waals surface area contributed by atoms with Crippen LogP contribution in [0.2, 0.25) is 0 Å². The molecule has 0 saturated heterocycles. The van der Waals surface area contributed by atoms with Gasteiger partial charge in [-0.05, 0) is 20.3 Å². The molecule has 1 aromatic heterocycles. The molecule has 0 radical (unpaired) electrons. The molecule has 1 rings (SSSR count). The predicted molar refractivity (Wildman–Crippen MR) is 48.1 cm³/mol. The monoisotopic (exact) mass is 168 g/mol. The van der Waals surface area contributed by atoms with Gasteiger partial charge in [-0.2, -0.15) is 0 Å². The van der Waals surface area contributed by atoms with Crippen molar-refractivity contribution in [2.24, 2.45) is 0 Å². The molecule has 0 fully saturated rings. The fourth-order valence-corrected chi connectivity index (χ4v) is 1.28. The summed E-state index contributed by atoms with van der Waals surface area (Å²) in [6.45, 7) is 5.93. The zero-order valence-corrected chi connectivity index (χ0v) is 7.94. The normalized spacial score (nSPS) is 10.2. The largest absolute Gasteiger partial charge is 0.237 e. The van der Waals surface area contributed by atoms with Gasteiger partial charge in [-0.25, -0.2) is 9.97 Å². The predicted octanol–water partition coefficient (Wildman–Crippen LogP) is 1.94. The van der Waals surface area contributed by atoms with Crippen molar-refractivity contribution in [2.45, 2.75) is 32.1 Å². The summed E-state index contributed by atoms with van der Waals surface area (Å²) < 4.78 is 0. The van der Waals surface area contributed by atoms with Crippen LogP contribution in [0.25, 0.3) is 0 Å². The topological polar surface area (TPSA) is 25.8 Å². The van der Waals surface area contributed by atoms with E-state index in [1.165, 1.54) is 0 Å². The van der Waals surface area contributed by atoms with Crippen LogP contribution in [0.5, 0.6) is 0 Å². The summed E-state index contributed by atoms with van der Waals surface area (Å²) in [5.41, 5.74) is 2.01. The second-order valence-corrected chi connectivity index (χ2v) is 2.95. The molecule has 0 amide bonds. The highest BCUT2D eigenvalue weighted by Crippen LogP contribution is 2.15. The molecule has 0 spiro atoms. The number of aryl methyl sites for hydroxylation is 3. The molecule has 0 unspecified atom stereocenters. The first kappa shape index (κ1) is 8.53. The second-order valence-electron chi connectivity index (χ2n) is 2.51. The molecule has 1 aromatic rings. The van der Waals surface area contributed by atoms with Crippen LogP contribution in [0.1, 0.15) is 24.1 Å². The Morgan fingerprint density at radius 3 is 2.45 bits per heavy atom. The SMILES string of the molecule is CCc1nc(C)nc(C)c1S. The zero-order valence-electron chi connectivity index (χ0n) is 7.05. The maximum atomic E-state index is 4.31. The third-order valence-electron chi connectivity index (χ3n) is 1.58. The zero-order chi connectivity index (χ0) is 8.43. The molecule has 60 valence electrons. The summed E-state index contributed by atoms with van der Waals surface area (Å²) >= 11 is 4.31. The van der Waals surface area contributed by atoms with Gasteiger partial charge in [0.15, 0.2) is 0 Å². The van der Waals surface area contributed by atoms with E-state index in [0.717, 1.165) is 28.5 Å². The van der Waals surface area contributed by atoms with Crippen molar-refractivity contribution < 1.29 is 0 Å². The molecule has 0 aromatic carbocycles. The fraction of sp³-hybridized carbons (Fsp3) is 0.500. The van der Waals surface area contributed by atoms with Crippen molar-refractivity contribution in [1.29, 1.82) is 0 Å². The van der Waals surface area contributed by atoms with E-state index in [-0.39, 0.29) is 0 Å². The first-order valence-electron chi connectivity index (χ1n) is 3.68. The van der Waals surface area contributed by atoms with Crippen molar-refractivity contribution in [3.63, 3.8) is 0 Å². The molecular formula is C8H12N2S. The maximum Gasteiger partial charge on any atom is 0.125 e. The summed E-state index contributed by atoms with van der Waals surface area (Å²) in [4.78, 5) is 9.39. The number of aromatic nitrogens is 2. The molecule has 0 aliphatic carbocycles. The van der Waals surface area contributed by atoms with Gasteiger partial charge >= 0.3 is 0 Å². The van der Waals surface area contributed by atoms with E-state index in [9.17, 15) is 0 Å². The van der Waals surface area contributed by atoms with E-state index in [1.54, 1.807) is 0 Å². The minimum Gasteiger partial charge on any atom is -0.237 e. The van der Waals surface area contributed by atoms with Crippen LogP contribution in [0, 0.1) is 13.8 Å². The van der Waals surface area contributed by atoms with Gasteiger partial charge in [-0.15, -0.1) is 12.6 Å². The lowest BCUT2D eigenvalue weighted by Gasteiger charge is -2.04. The van der Waals surface area contributed by atoms with Gasteiger partial charge in [-0.1, -0.05) is 6.92 Å². The third-order valence-corrected chi connectivity index (χ3v) is 2.16. The van der Waals surface area contributed by atoms with Crippen LogP contribution in [0.4, 0.5) is 0 Å². The lowest BCUT2D eigenvalue weighted by molar-refractivity contribution is 0.872. The van der Waals surface area contributed by atoms with Gasteiger partial charge in [0.05, 0.1) is 11.4 Å².